The normalized spacial score (nSPS) is 22.5. The van der Waals surface area contributed by atoms with Crippen LogP contribution in [0.15, 0.2) is 48.5 Å². The predicted octanol–water partition coefficient (Wildman–Crippen LogP) is 3.33. The molecule has 0 aromatic heterocycles. The molecule has 4 rings (SSSR count). The third-order valence-electron chi connectivity index (χ3n) is 5.47. The quantitative estimate of drug-likeness (QED) is 0.832. The summed E-state index contributed by atoms with van der Waals surface area (Å²) in [6.07, 6.45) is 1.91. The molecule has 2 saturated heterocycles. The van der Waals surface area contributed by atoms with E-state index in [1.54, 1.807) is 54.3 Å². The lowest BCUT2D eigenvalue weighted by Crippen LogP contribution is -2.60. The number of rotatable bonds is 2. The first kappa shape index (κ1) is 16.8. The van der Waals surface area contributed by atoms with Gasteiger partial charge < -0.3 is 9.80 Å². The second-order valence-corrected chi connectivity index (χ2v) is 6.99. The Morgan fingerprint density at radius 3 is 2.54 bits per heavy atom. The van der Waals surface area contributed by atoms with Crippen LogP contribution >= 0.6 is 0 Å². The van der Waals surface area contributed by atoms with E-state index in [1.807, 2.05) is 4.90 Å². The number of hydrogen-bond donors (Lipinski definition) is 0. The molecule has 5 heteroatoms. The van der Waals surface area contributed by atoms with Crippen molar-refractivity contribution in [2.45, 2.75) is 31.8 Å². The Morgan fingerprint density at radius 1 is 1.08 bits per heavy atom. The molecule has 2 amide bonds. The zero-order valence-electron chi connectivity index (χ0n) is 14.7. The maximum Gasteiger partial charge on any atom is 0.255 e. The van der Waals surface area contributed by atoms with Crippen molar-refractivity contribution in [1.82, 2.24) is 9.80 Å². The van der Waals surface area contributed by atoms with Crippen LogP contribution in [-0.4, -0.2) is 46.8 Å². The molecule has 134 valence electrons. The van der Waals surface area contributed by atoms with Gasteiger partial charge in [-0.3, -0.25) is 9.59 Å². The first-order valence-electron chi connectivity index (χ1n) is 9.03. The summed E-state index contributed by atoms with van der Waals surface area (Å²) in [4.78, 5) is 29.5. The fourth-order valence-corrected chi connectivity index (χ4v) is 4.07. The number of amides is 2. The highest BCUT2D eigenvalue weighted by atomic mass is 19.1. The summed E-state index contributed by atoms with van der Waals surface area (Å²) >= 11 is 0. The number of nitrogens with zero attached hydrogens (tertiary/aromatic N) is 2. The largest absolute Gasteiger partial charge is 0.336 e. The van der Waals surface area contributed by atoms with Gasteiger partial charge in [-0.15, -0.1) is 0 Å². The molecule has 2 atom stereocenters. The number of carbonyl (C=O) groups is 2. The Labute approximate surface area is 152 Å². The molecule has 26 heavy (non-hydrogen) atoms. The van der Waals surface area contributed by atoms with Crippen LogP contribution in [-0.2, 0) is 4.79 Å². The van der Waals surface area contributed by atoms with Gasteiger partial charge in [0.1, 0.15) is 11.9 Å². The first-order valence-corrected chi connectivity index (χ1v) is 9.03. The number of piperazine rings is 1. The van der Waals surface area contributed by atoms with Crippen molar-refractivity contribution in [2.24, 2.45) is 0 Å². The van der Waals surface area contributed by atoms with Crippen molar-refractivity contribution >= 4 is 11.8 Å². The van der Waals surface area contributed by atoms with Gasteiger partial charge >= 0.3 is 0 Å². The standard InChI is InChI=1S/C21H21FN2O2/c1-14-20(25)23-12-6-7-15(23)13-24(14)21(26)18-10-3-2-8-16(18)17-9-4-5-11-19(17)22/h2-5,8-11,14-15H,6-7,12-13H2,1H3/t14-,15-/m0/s1. The Balaban J connectivity index is 1.71. The molecule has 2 aliphatic heterocycles. The summed E-state index contributed by atoms with van der Waals surface area (Å²) in [5, 5.41) is 0. The molecule has 2 aliphatic rings. The summed E-state index contributed by atoms with van der Waals surface area (Å²) in [6, 6.07) is 13.1. The molecule has 0 spiro atoms. The van der Waals surface area contributed by atoms with E-state index in [0.717, 1.165) is 19.4 Å². The number of carbonyl (C=O) groups excluding carboxylic acids is 2. The van der Waals surface area contributed by atoms with Crippen LogP contribution in [0.4, 0.5) is 4.39 Å². The van der Waals surface area contributed by atoms with Gasteiger partial charge in [-0.1, -0.05) is 36.4 Å². The molecule has 2 aromatic rings. The van der Waals surface area contributed by atoms with Crippen molar-refractivity contribution < 1.29 is 14.0 Å². The van der Waals surface area contributed by atoms with Crippen LogP contribution in [0.5, 0.6) is 0 Å². The lowest BCUT2D eigenvalue weighted by atomic mass is 9.97. The van der Waals surface area contributed by atoms with Gasteiger partial charge in [0, 0.05) is 30.3 Å². The van der Waals surface area contributed by atoms with Crippen molar-refractivity contribution in [3.05, 3.63) is 59.9 Å². The fraction of sp³-hybridized carbons (Fsp3) is 0.333. The second kappa shape index (κ2) is 6.56. The van der Waals surface area contributed by atoms with Gasteiger partial charge in [0.15, 0.2) is 0 Å². The number of hydrogen-bond acceptors (Lipinski definition) is 2. The topological polar surface area (TPSA) is 40.6 Å². The zero-order valence-corrected chi connectivity index (χ0v) is 14.7. The minimum atomic E-state index is -0.495. The summed E-state index contributed by atoms with van der Waals surface area (Å²) in [5.41, 5.74) is 1.39. The molecule has 0 bridgehead atoms. The number of fused-ring (bicyclic) bond motifs is 1. The minimum absolute atomic E-state index is 0.00970. The first-order chi connectivity index (χ1) is 12.6. The molecular weight excluding hydrogens is 331 g/mol. The Kier molecular flexibility index (Phi) is 4.23. The maximum atomic E-state index is 14.3. The van der Waals surface area contributed by atoms with Crippen molar-refractivity contribution in [3.8, 4) is 11.1 Å². The molecular formula is C21H21FN2O2. The predicted molar refractivity (Wildman–Crippen MR) is 97.1 cm³/mol. The van der Waals surface area contributed by atoms with Gasteiger partial charge in [-0.2, -0.15) is 0 Å². The van der Waals surface area contributed by atoms with Crippen LogP contribution in [0.25, 0.3) is 11.1 Å². The number of halogens is 1. The summed E-state index contributed by atoms with van der Waals surface area (Å²) in [7, 11) is 0. The van der Waals surface area contributed by atoms with Gasteiger partial charge in [0.05, 0.1) is 0 Å². The van der Waals surface area contributed by atoms with E-state index >= 15 is 0 Å². The second-order valence-electron chi connectivity index (χ2n) is 6.99. The third kappa shape index (κ3) is 2.68. The molecule has 0 saturated carbocycles. The summed E-state index contributed by atoms with van der Waals surface area (Å²) < 4.78 is 14.3. The van der Waals surface area contributed by atoms with Crippen molar-refractivity contribution in [1.29, 1.82) is 0 Å². The fourth-order valence-electron chi connectivity index (χ4n) is 4.07. The van der Waals surface area contributed by atoms with E-state index in [0.29, 0.717) is 23.2 Å². The van der Waals surface area contributed by atoms with Crippen molar-refractivity contribution in [3.63, 3.8) is 0 Å². The van der Waals surface area contributed by atoms with Crippen LogP contribution in [0.2, 0.25) is 0 Å². The van der Waals surface area contributed by atoms with E-state index in [4.69, 9.17) is 0 Å². The number of benzene rings is 2. The molecule has 2 heterocycles. The van der Waals surface area contributed by atoms with Gasteiger partial charge in [-0.05, 0) is 37.5 Å². The molecule has 0 aliphatic carbocycles. The Hall–Kier alpha value is -2.69. The zero-order chi connectivity index (χ0) is 18.3. The van der Waals surface area contributed by atoms with E-state index in [-0.39, 0.29) is 23.7 Å². The van der Waals surface area contributed by atoms with Gasteiger partial charge in [-0.25, -0.2) is 4.39 Å². The highest BCUT2D eigenvalue weighted by Crippen LogP contribution is 2.30. The van der Waals surface area contributed by atoms with E-state index < -0.39 is 6.04 Å². The van der Waals surface area contributed by atoms with Gasteiger partial charge in [0.2, 0.25) is 5.91 Å². The van der Waals surface area contributed by atoms with Crippen LogP contribution in [0.3, 0.4) is 0 Å². The van der Waals surface area contributed by atoms with Crippen LogP contribution < -0.4 is 0 Å². The summed E-state index contributed by atoms with van der Waals surface area (Å²) in [6.45, 7) is 3.10. The minimum Gasteiger partial charge on any atom is -0.336 e. The van der Waals surface area contributed by atoms with Gasteiger partial charge in [0.25, 0.3) is 5.91 Å². The smallest absolute Gasteiger partial charge is 0.255 e. The molecule has 2 fully saturated rings. The molecule has 2 aromatic carbocycles. The SMILES string of the molecule is C[C@H]1C(=O)N2CCC[C@H]2CN1C(=O)c1ccccc1-c1ccccc1F. The third-order valence-corrected chi connectivity index (χ3v) is 5.47. The summed E-state index contributed by atoms with van der Waals surface area (Å²) in [5.74, 6) is -0.566. The molecule has 0 unspecified atom stereocenters. The highest BCUT2D eigenvalue weighted by Gasteiger charge is 2.42. The lowest BCUT2D eigenvalue weighted by Gasteiger charge is -2.41. The Bertz CT molecular complexity index is 867. The van der Waals surface area contributed by atoms with Crippen LogP contribution in [0.1, 0.15) is 30.1 Å². The average molecular weight is 352 g/mol. The maximum absolute atomic E-state index is 14.3. The molecule has 0 radical (unpaired) electrons. The average Bonchev–Trinajstić information content (AvgIpc) is 3.13. The van der Waals surface area contributed by atoms with Crippen molar-refractivity contribution in [2.75, 3.05) is 13.1 Å². The lowest BCUT2D eigenvalue weighted by molar-refractivity contribution is -0.141. The monoisotopic (exact) mass is 352 g/mol. The Morgan fingerprint density at radius 2 is 1.77 bits per heavy atom. The van der Waals surface area contributed by atoms with Crippen LogP contribution in [0, 0.1) is 5.82 Å². The van der Waals surface area contributed by atoms with E-state index in [1.165, 1.54) is 6.07 Å². The van der Waals surface area contributed by atoms with E-state index in [9.17, 15) is 14.0 Å². The van der Waals surface area contributed by atoms with E-state index in [2.05, 4.69) is 0 Å². The highest BCUT2D eigenvalue weighted by molar-refractivity contribution is 6.03. The molecule has 0 N–H and O–H groups in total. The molecule has 4 nitrogen and oxygen atoms in total.